The minimum atomic E-state index is -4.42. The quantitative estimate of drug-likeness (QED) is 0.152. The molecule has 3 fully saturated rings. The van der Waals surface area contributed by atoms with Gasteiger partial charge in [-0.15, -0.1) is 11.3 Å². The first-order chi connectivity index (χ1) is 29.9. The van der Waals surface area contributed by atoms with Crippen molar-refractivity contribution >= 4 is 67.8 Å². The Morgan fingerprint density at radius 2 is 1.65 bits per heavy atom. The summed E-state index contributed by atoms with van der Waals surface area (Å²) < 4.78 is 41.6. The molecule has 0 spiro atoms. The van der Waals surface area contributed by atoms with Crippen molar-refractivity contribution in [3.05, 3.63) is 78.2 Å². The lowest BCUT2D eigenvalue weighted by molar-refractivity contribution is -0.141. The molecule has 4 heterocycles. The van der Waals surface area contributed by atoms with Crippen LogP contribution in [0.3, 0.4) is 0 Å². The molecule has 2 aliphatic carbocycles. The number of nitrogens with one attached hydrogen (secondary N) is 4. The van der Waals surface area contributed by atoms with E-state index in [1.807, 2.05) is 53.9 Å². The van der Waals surface area contributed by atoms with Crippen LogP contribution in [-0.4, -0.2) is 89.4 Å². The van der Waals surface area contributed by atoms with Crippen LogP contribution < -0.4 is 25.4 Å². The Morgan fingerprint density at radius 1 is 0.903 bits per heavy atom. The predicted octanol–water partition coefficient (Wildman–Crippen LogP) is 5.60. The Morgan fingerprint density at radius 3 is 2.37 bits per heavy atom. The molecule has 5 amide bonds. The summed E-state index contributed by atoms with van der Waals surface area (Å²) in [6.07, 6.45) is 8.62. The number of fused-ring (bicyclic) bond motifs is 3. The summed E-state index contributed by atoms with van der Waals surface area (Å²) in [6, 6.07) is 14.3. The number of alkyl carbamates (subject to hydrolysis) is 1. The number of ether oxygens (including phenoxy) is 2. The normalized spacial score (nSPS) is 25.0. The number of para-hydroxylation sites is 2. The highest BCUT2D eigenvalue weighted by Crippen LogP contribution is 2.46. The molecule has 2 saturated carbocycles. The standard InChI is InChI=1S/C44H49N7O9S2/c1-27(52)45-29-19-21-32(22-20-29)62(57,58)50-42(55)44-25-28(44)12-5-3-2-4-6-17-35(48-43(56)60-30-13-7-8-14-30)41(54)51-26-31(24-36(51)39(53)49-44)59-40-38(37-18-11-23-61-37)46-33-15-9-10-16-34(33)47-40/h5,9-12,15-16,18-23,28,30-31,35-36H,2-4,6-8,13-14,17,24-26H2,1H3,(H,45,52)(H,48,56)(H,49,53)(H,50,55)/b12-5-/t28-,31-,35+,36+,44+/m1/s1. The zero-order chi connectivity index (χ0) is 43.4. The van der Waals surface area contributed by atoms with Gasteiger partial charge in [-0.25, -0.2) is 27.9 Å². The topological polar surface area (TPSA) is 215 Å². The molecule has 5 atom stereocenters. The smallest absolute Gasteiger partial charge is 0.408 e. The van der Waals surface area contributed by atoms with E-state index in [1.165, 1.54) is 47.4 Å². The summed E-state index contributed by atoms with van der Waals surface area (Å²) in [5, 5.41) is 10.2. The number of allylic oxidation sites excluding steroid dienone is 1. The van der Waals surface area contributed by atoms with Crippen LogP contribution in [0.1, 0.15) is 77.6 Å². The van der Waals surface area contributed by atoms with Gasteiger partial charge < -0.3 is 30.3 Å². The summed E-state index contributed by atoms with van der Waals surface area (Å²) in [5.41, 5.74) is 0.482. The van der Waals surface area contributed by atoms with Crippen LogP contribution >= 0.6 is 11.3 Å². The first kappa shape index (κ1) is 42.8. The summed E-state index contributed by atoms with van der Waals surface area (Å²) in [4.78, 5) is 80.0. The van der Waals surface area contributed by atoms with Crippen LogP contribution in [0.25, 0.3) is 21.6 Å². The first-order valence-corrected chi connectivity index (χ1v) is 23.4. The van der Waals surface area contributed by atoms with Gasteiger partial charge in [-0.05, 0) is 99.2 Å². The number of aromatic nitrogens is 2. The number of benzene rings is 2. The van der Waals surface area contributed by atoms with E-state index < -0.39 is 63.5 Å². The second-order valence-corrected chi connectivity index (χ2v) is 18.9. The van der Waals surface area contributed by atoms with Gasteiger partial charge in [0.1, 0.15) is 35.5 Å². The van der Waals surface area contributed by atoms with Crippen LogP contribution in [0.2, 0.25) is 0 Å². The lowest BCUT2D eigenvalue weighted by Crippen LogP contribution is -2.58. The lowest BCUT2D eigenvalue weighted by Gasteiger charge is -2.30. The molecule has 2 aliphatic heterocycles. The second kappa shape index (κ2) is 18.2. The third kappa shape index (κ3) is 9.60. The molecule has 4 aliphatic rings. The van der Waals surface area contributed by atoms with Crippen molar-refractivity contribution in [1.29, 1.82) is 0 Å². The minimum Gasteiger partial charge on any atom is -0.471 e. The van der Waals surface area contributed by atoms with Crippen molar-refractivity contribution in [3.8, 4) is 16.5 Å². The Balaban J connectivity index is 1.09. The van der Waals surface area contributed by atoms with Gasteiger partial charge in [0.05, 0.1) is 27.4 Å². The van der Waals surface area contributed by atoms with Crippen molar-refractivity contribution < 1.29 is 41.9 Å². The van der Waals surface area contributed by atoms with Crippen LogP contribution in [0.15, 0.2) is 83.1 Å². The number of hydrogen-bond acceptors (Lipinski definition) is 12. The van der Waals surface area contributed by atoms with Gasteiger partial charge in [-0.1, -0.05) is 43.2 Å². The molecule has 0 unspecified atom stereocenters. The average molecular weight is 884 g/mol. The predicted molar refractivity (Wildman–Crippen MR) is 230 cm³/mol. The number of rotatable bonds is 9. The van der Waals surface area contributed by atoms with Crippen molar-refractivity contribution in [1.82, 2.24) is 30.2 Å². The number of anilines is 1. The molecule has 0 radical (unpaired) electrons. The van der Waals surface area contributed by atoms with E-state index in [0.29, 0.717) is 41.7 Å². The van der Waals surface area contributed by atoms with Crippen molar-refractivity contribution in [2.45, 2.75) is 112 Å². The Hall–Kier alpha value is -5.88. The molecule has 4 N–H and O–H groups in total. The van der Waals surface area contributed by atoms with Gasteiger partial charge in [0, 0.05) is 24.9 Å². The summed E-state index contributed by atoms with van der Waals surface area (Å²) in [5.74, 6) is -2.77. The van der Waals surface area contributed by atoms with E-state index in [1.54, 1.807) is 0 Å². The maximum Gasteiger partial charge on any atom is 0.408 e. The van der Waals surface area contributed by atoms with Gasteiger partial charge in [0.2, 0.25) is 23.6 Å². The third-order valence-electron chi connectivity index (χ3n) is 11.8. The number of carbonyl (C=O) groups is 5. The maximum atomic E-state index is 14.7. The Bertz CT molecular complexity index is 2470. The molecule has 8 rings (SSSR count). The second-order valence-electron chi connectivity index (χ2n) is 16.3. The minimum absolute atomic E-state index is 0.00759. The molecule has 18 heteroatoms. The first-order valence-electron chi connectivity index (χ1n) is 21.1. The summed E-state index contributed by atoms with van der Waals surface area (Å²) in [7, 11) is -4.42. The average Bonchev–Trinajstić information content (AvgIpc) is 3.74. The highest BCUT2D eigenvalue weighted by Gasteiger charge is 2.61. The molecule has 16 nitrogen and oxygen atoms in total. The van der Waals surface area contributed by atoms with Gasteiger partial charge in [-0.3, -0.25) is 19.2 Å². The fourth-order valence-electron chi connectivity index (χ4n) is 8.49. The highest BCUT2D eigenvalue weighted by atomic mass is 32.2. The van der Waals surface area contributed by atoms with Crippen LogP contribution in [-0.2, 0) is 33.9 Å². The summed E-state index contributed by atoms with van der Waals surface area (Å²) in [6.45, 7) is 1.27. The van der Waals surface area contributed by atoms with Gasteiger partial charge in [0.25, 0.3) is 15.9 Å². The molecule has 4 aromatic rings. The lowest BCUT2D eigenvalue weighted by atomic mass is 10.0. The van der Waals surface area contributed by atoms with Gasteiger partial charge in [0.15, 0.2) is 0 Å². The van der Waals surface area contributed by atoms with Gasteiger partial charge >= 0.3 is 6.09 Å². The van der Waals surface area contributed by atoms with Crippen molar-refractivity contribution in [2.75, 3.05) is 11.9 Å². The van der Waals surface area contributed by atoms with E-state index >= 15 is 0 Å². The fourth-order valence-corrected chi connectivity index (χ4v) is 10.2. The fraction of sp³-hybridized carbons (Fsp3) is 0.432. The molecule has 326 valence electrons. The number of thiophene rings is 1. The molecule has 0 bridgehead atoms. The summed E-state index contributed by atoms with van der Waals surface area (Å²) >= 11 is 1.46. The highest BCUT2D eigenvalue weighted by molar-refractivity contribution is 7.90. The van der Waals surface area contributed by atoms with E-state index in [-0.39, 0.29) is 42.2 Å². The SMILES string of the molecule is CC(=O)Nc1ccc(S(=O)(=O)NC(=O)[C@]23C[C@H]2/C=C\CCCCC[C@H](NC(=O)OC2CCCC2)C(=O)N2C[C@H](Oc4nc5ccccc5nc4-c4cccs4)C[C@H]2C(=O)N3)cc1. The zero-order valence-electron chi connectivity index (χ0n) is 34.2. The number of nitrogens with zero attached hydrogens (tertiary/aromatic N) is 3. The Kier molecular flexibility index (Phi) is 12.6. The van der Waals surface area contributed by atoms with Crippen LogP contribution in [0, 0.1) is 5.92 Å². The van der Waals surface area contributed by atoms with E-state index in [0.717, 1.165) is 43.4 Å². The van der Waals surface area contributed by atoms with Crippen molar-refractivity contribution in [2.24, 2.45) is 5.92 Å². The van der Waals surface area contributed by atoms with E-state index in [4.69, 9.17) is 19.4 Å². The largest absolute Gasteiger partial charge is 0.471 e. The van der Waals surface area contributed by atoms with E-state index in [2.05, 4.69) is 20.7 Å². The molecular formula is C44H49N7O9S2. The maximum absolute atomic E-state index is 14.7. The third-order valence-corrected chi connectivity index (χ3v) is 14.0. The van der Waals surface area contributed by atoms with Crippen LogP contribution in [0.5, 0.6) is 5.88 Å². The van der Waals surface area contributed by atoms with E-state index in [9.17, 15) is 32.4 Å². The van der Waals surface area contributed by atoms with Crippen molar-refractivity contribution in [3.63, 3.8) is 0 Å². The molecule has 2 aromatic carbocycles. The molecular weight excluding hydrogens is 835 g/mol. The molecule has 2 aromatic heterocycles. The zero-order valence-corrected chi connectivity index (χ0v) is 35.8. The number of carbonyl (C=O) groups excluding carboxylic acids is 5. The number of amides is 5. The van der Waals surface area contributed by atoms with Gasteiger partial charge in [-0.2, -0.15) is 0 Å². The number of hydrogen-bond donors (Lipinski definition) is 4. The van der Waals surface area contributed by atoms with Crippen LogP contribution in [0.4, 0.5) is 10.5 Å². The molecule has 1 saturated heterocycles. The number of sulfonamides is 1. The monoisotopic (exact) mass is 883 g/mol. The Labute approximate surface area is 363 Å². The molecule has 62 heavy (non-hydrogen) atoms.